The summed E-state index contributed by atoms with van der Waals surface area (Å²) in [5.41, 5.74) is 1.05. The summed E-state index contributed by atoms with van der Waals surface area (Å²) in [4.78, 5) is 8.57. The molecule has 3 aromatic rings. The van der Waals surface area contributed by atoms with Crippen molar-refractivity contribution >= 4 is 11.8 Å². The second-order valence-corrected chi connectivity index (χ2v) is 6.13. The Labute approximate surface area is 132 Å². The van der Waals surface area contributed by atoms with E-state index in [0.29, 0.717) is 11.7 Å². The lowest BCUT2D eigenvalue weighted by Gasteiger charge is -2.08. The van der Waals surface area contributed by atoms with Crippen LogP contribution >= 0.6 is 11.8 Å². The van der Waals surface area contributed by atoms with Gasteiger partial charge in [-0.05, 0) is 26.0 Å². The number of aryl methyl sites for hydroxylation is 3. The van der Waals surface area contributed by atoms with E-state index < -0.39 is 0 Å². The van der Waals surface area contributed by atoms with Gasteiger partial charge in [-0.15, -0.1) is 10.2 Å². The summed E-state index contributed by atoms with van der Waals surface area (Å²) in [7, 11) is 0. The number of hydrogen-bond donors (Lipinski definition) is 0. The Morgan fingerprint density at radius 3 is 3.00 bits per heavy atom. The average molecular weight is 316 g/mol. The molecular formula is C14H16N6OS. The van der Waals surface area contributed by atoms with Crippen LogP contribution in [-0.4, -0.2) is 29.9 Å². The molecule has 0 saturated carbocycles. The number of hydrogen-bond acceptors (Lipinski definition) is 7. The fourth-order valence-corrected chi connectivity index (χ4v) is 2.84. The minimum atomic E-state index is 0.0269. The largest absolute Gasteiger partial charge is 0.338 e. The molecule has 0 saturated heterocycles. The van der Waals surface area contributed by atoms with E-state index in [9.17, 15) is 0 Å². The predicted molar refractivity (Wildman–Crippen MR) is 81.3 cm³/mol. The topological polar surface area (TPSA) is 82.5 Å². The van der Waals surface area contributed by atoms with E-state index in [-0.39, 0.29) is 5.25 Å². The van der Waals surface area contributed by atoms with E-state index in [4.69, 9.17) is 4.52 Å². The first-order valence-electron chi connectivity index (χ1n) is 6.97. The Hall–Kier alpha value is -2.22. The van der Waals surface area contributed by atoms with Crippen molar-refractivity contribution in [1.29, 1.82) is 0 Å². The van der Waals surface area contributed by atoms with Gasteiger partial charge in [0.05, 0.1) is 5.25 Å². The zero-order chi connectivity index (χ0) is 15.4. The van der Waals surface area contributed by atoms with Gasteiger partial charge in [0.15, 0.2) is 11.0 Å². The van der Waals surface area contributed by atoms with Gasteiger partial charge < -0.3 is 9.09 Å². The fraction of sp³-hybridized carbons (Fsp3) is 0.357. The molecule has 0 fully saturated rings. The summed E-state index contributed by atoms with van der Waals surface area (Å²) in [5.74, 6) is 1.24. The van der Waals surface area contributed by atoms with Crippen LogP contribution in [0.25, 0.3) is 0 Å². The highest BCUT2D eigenvalue weighted by molar-refractivity contribution is 7.99. The lowest BCUT2D eigenvalue weighted by atomic mass is 10.3. The summed E-state index contributed by atoms with van der Waals surface area (Å²) in [6.07, 6.45) is 4.37. The first kappa shape index (κ1) is 14.7. The van der Waals surface area contributed by atoms with Crippen LogP contribution < -0.4 is 0 Å². The highest BCUT2D eigenvalue weighted by atomic mass is 32.2. The molecule has 8 heteroatoms. The minimum absolute atomic E-state index is 0.0269. The Morgan fingerprint density at radius 1 is 1.36 bits per heavy atom. The molecular weight excluding hydrogens is 300 g/mol. The molecule has 3 heterocycles. The van der Waals surface area contributed by atoms with Gasteiger partial charge in [-0.1, -0.05) is 23.0 Å². The standard InChI is InChI=1S/C14H16N6OS/c1-10(13-17-11(2)19-21-13)22-14-18-16-9-20(14)8-6-12-5-3-4-7-15-12/h3-5,7,9-10H,6,8H2,1-2H3/t10-/m0/s1. The molecule has 0 spiro atoms. The van der Waals surface area contributed by atoms with Crippen LogP contribution in [0.15, 0.2) is 40.4 Å². The molecule has 0 unspecified atom stereocenters. The van der Waals surface area contributed by atoms with Crippen molar-refractivity contribution in [2.75, 3.05) is 0 Å². The van der Waals surface area contributed by atoms with Crippen LogP contribution in [0, 0.1) is 6.92 Å². The van der Waals surface area contributed by atoms with Gasteiger partial charge in [0.1, 0.15) is 6.33 Å². The van der Waals surface area contributed by atoms with Crippen LogP contribution in [0.4, 0.5) is 0 Å². The van der Waals surface area contributed by atoms with Gasteiger partial charge in [-0.2, -0.15) is 4.98 Å². The van der Waals surface area contributed by atoms with E-state index in [1.165, 1.54) is 0 Å². The Balaban J connectivity index is 1.64. The highest BCUT2D eigenvalue weighted by Crippen LogP contribution is 2.32. The van der Waals surface area contributed by atoms with Crippen molar-refractivity contribution in [3.63, 3.8) is 0 Å². The first-order chi connectivity index (χ1) is 10.7. The summed E-state index contributed by atoms with van der Waals surface area (Å²) < 4.78 is 7.21. The van der Waals surface area contributed by atoms with Gasteiger partial charge in [0, 0.05) is 24.9 Å². The number of aromatic nitrogens is 6. The third-order valence-electron chi connectivity index (χ3n) is 3.09. The maximum Gasteiger partial charge on any atom is 0.239 e. The Kier molecular flexibility index (Phi) is 4.47. The van der Waals surface area contributed by atoms with E-state index >= 15 is 0 Å². The van der Waals surface area contributed by atoms with Crippen molar-refractivity contribution in [3.05, 3.63) is 48.1 Å². The van der Waals surface area contributed by atoms with Crippen molar-refractivity contribution < 1.29 is 4.52 Å². The average Bonchev–Trinajstić information content (AvgIpc) is 3.15. The molecule has 114 valence electrons. The minimum Gasteiger partial charge on any atom is -0.338 e. The third-order valence-corrected chi connectivity index (χ3v) is 4.17. The molecule has 0 bridgehead atoms. The van der Waals surface area contributed by atoms with E-state index in [1.807, 2.05) is 29.7 Å². The molecule has 0 N–H and O–H groups in total. The summed E-state index contributed by atoms with van der Waals surface area (Å²) in [6, 6.07) is 5.92. The summed E-state index contributed by atoms with van der Waals surface area (Å²) in [5, 5.41) is 12.8. The quantitative estimate of drug-likeness (QED) is 0.646. The Morgan fingerprint density at radius 2 is 2.27 bits per heavy atom. The van der Waals surface area contributed by atoms with E-state index in [0.717, 1.165) is 23.8 Å². The highest BCUT2D eigenvalue weighted by Gasteiger charge is 2.17. The molecule has 0 aliphatic carbocycles. The monoisotopic (exact) mass is 316 g/mol. The SMILES string of the molecule is Cc1noc([C@H](C)Sc2nncn2CCc2ccccn2)n1. The van der Waals surface area contributed by atoms with Gasteiger partial charge in [0.2, 0.25) is 5.89 Å². The van der Waals surface area contributed by atoms with Crippen LogP contribution in [-0.2, 0) is 13.0 Å². The molecule has 0 aliphatic heterocycles. The van der Waals surface area contributed by atoms with Crippen LogP contribution in [0.2, 0.25) is 0 Å². The van der Waals surface area contributed by atoms with Crippen LogP contribution in [0.3, 0.4) is 0 Å². The normalized spacial score (nSPS) is 12.5. The number of nitrogens with zero attached hydrogens (tertiary/aromatic N) is 6. The van der Waals surface area contributed by atoms with Crippen LogP contribution in [0.1, 0.15) is 29.6 Å². The molecule has 0 amide bonds. The number of rotatable bonds is 6. The third kappa shape index (κ3) is 3.51. The predicted octanol–water partition coefficient (Wildman–Crippen LogP) is 2.46. The second kappa shape index (κ2) is 6.69. The summed E-state index contributed by atoms with van der Waals surface area (Å²) in [6.45, 7) is 4.59. The molecule has 0 radical (unpaired) electrons. The second-order valence-electron chi connectivity index (χ2n) is 4.82. The maximum absolute atomic E-state index is 5.19. The summed E-state index contributed by atoms with van der Waals surface area (Å²) >= 11 is 1.55. The first-order valence-corrected chi connectivity index (χ1v) is 7.85. The van der Waals surface area contributed by atoms with Crippen molar-refractivity contribution in [3.8, 4) is 0 Å². The lowest BCUT2D eigenvalue weighted by Crippen LogP contribution is -2.04. The molecule has 0 aromatic carbocycles. The van der Waals surface area contributed by atoms with Crippen molar-refractivity contribution in [2.45, 2.75) is 37.2 Å². The lowest BCUT2D eigenvalue weighted by molar-refractivity contribution is 0.376. The van der Waals surface area contributed by atoms with Gasteiger partial charge in [-0.3, -0.25) is 4.98 Å². The number of pyridine rings is 1. The van der Waals surface area contributed by atoms with Gasteiger partial charge in [-0.25, -0.2) is 0 Å². The van der Waals surface area contributed by atoms with Crippen molar-refractivity contribution in [1.82, 2.24) is 29.9 Å². The van der Waals surface area contributed by atoms with E-state index in [1.54, 1.807) is 31.2 Å². The molecule has 7 nitrogen and oxygen atoms in total. The maximum atomic E-state index is 5.19. The van der Waals surface area contributed by atoms with Crippen LogP contribution in [0.5, 0.6) is 0 Å². The fourth-order valence-electron chi connectivity index (χ4n) is 1.96. The van der Waals surface area contributed by atoms with E-state index in [2.05, 4.69) is 25.3 Å². The molecule has 1 atom stereocenters. The smallest absolute Gasteiger partial charge is 0.239 e. The van der Waals surface area contributed by atoms with Gasteiger partial charge in [0.25, 0.3) is 0 Å². The van der Waals surface area contributed by atoms with Gasteiger partial charge >= 0.3 is 0 Å². The molecule has 22 heavy (non-hydrogen) atoms. The Bertz CT molecular complexity index is 726. The zero-order valence-electron chi connectivity index (χ0n) is 12.4. The molecule has 3 aromatic heterocycles. The van der Waals surface area contributed by atoms with Crippen molar-refractivity contribution in [2.24, 2.45) is 0 Å². The zero-order valence-corrected chi connectivity index (χ0v) is 13.2. The number of thioether (sulfide) groups is 1. The molecule has 0 aliphatic rings. The molecule has 3 rings (SSSR count).